The number of rotatable bonds is 6. The molecule has 0 spiro atoms. The average Bonchev–Trinajstić information content (AvgIpc) is 3.01. The first-order chi connectivity index (χ1) is 9.56. The maximum Gasteiger partial charge on any atom is 0.244 e. The number of nitrogens with two attached hydrogens (primary N) is 1. The second-order valence-electron chi connectivity index (χ2n) is 6.15. The van der Waals surface area contributed by atoms with E-state index in [-0.39, 0.29) is 5.91 Å². The molecule has 1 heterocycles. The summed E-state index contributed by atoms with van der Waals surface area (Å²) in [7, 11) is 0. The Hall–Kier alpha value is -1.52. The van der Waals surface area contributed by atoms with Gasteiger partial charge in [0.1, 0.15) is 12.4 Å². The molecule has 5 heteroatoms. The van der Waals surface area contributed by atoms with Crippen molar-refractivity contribution in [1.82, 2.24) is 14.7 Å². The molecule has 0 atom stereocenters. The highest BCUT2D eigenvalue weighted by Gasteiger charge is 2.26. The Bertz CT molecular complexity index is 435. The van der Waals surface area contributed by atoms with Crippen molar-refractivity contribution in [3.63, 3.8) is 0 Å². The molecule has 1 aliphatic carbocycles. The summed E-state index contributed by atoms with van der Waals surface area (Å²) in [5, 5.41) is 4.10. The summed E-state index contributed by atoms with van der Waals surface area (Å²) in [6, 6.07) is 2.15. The van der Waals surface area contributed by atoms with Crippen molar-refractivity contribution in [1.29, 1.82) is 0 Å². The van der Waals surface area contributed by atoms with E-state index in [9.17, 15) is 4.79 Å². The standard InChI is InChI=1S/C15H26N4O/c1-12(2)7-10-19(13-5-3-4-6-13)15(20)11-18-9-8-14(16)17-18/h8-9,12-13H,3-7,10-11H2,1-2H3,(H2,16,17). The molecular formula is C15H26N4O. The van der Waals surface area contributed by atoms with E-state index in [0.29, 0.717) is 24.3 Å². The molecule has 0 unspecified atom stereocenters. The van der Waals surface area contributed by atoms with Crippen LogP contribution in [-0.4, -0.2) is 33.2 Å². The fourth-order valence-electron chi connectivity index (χ4n) is 2.82. The van der Waals surface area contributed by atoms with Gasteiger partial charge in [0.05, 0.1) is 0 Å². The molecule has 5 nitrogen and oxygen atoms in total. The minimum atomic E-state index is 0.167. The topological polar surface area (TPSA) is 64.2 Å². The van der Waals surface area contributed by atoms with Gasteiger partial charge in [-0.15, -0.1) is 0 Å². The molecule has 112 valence electrons. The number of hydrogen-bond acceptors (Lipinski definition) is 3. The first-order valence-corrected chi connectivity index (χ1v) is 7.64. The highest BCUT2D eigenvalue weighted by atomic mass is 16.2. The normalized spacial score (nSPS) is 15.9. The van der Waals surface area contributed by atoms with Gasteiger partial charge < -0.3 is 10.6 Å². The number of carbonyl (C=O) groups excluding carboxylic acids is 1. The van der Waals surface area contributed by atoms with Crippen LogP contribution in [0.15, 0.2) is 12.3 Å². The highest BCUT2D eigenvalue weighted by molar-refractivity contribution is 5.76. The van der Waals surface area contributed by atoms with E-state index in [1.165, 1.54) is 12.8 Å². The van der Waals surface area contributed by atoms with Crippen molar-refractivity contribution < 1.29 is 4.79 Å². The van der Waals surface area contributed by atoms with Gasteiger partial charge in [-0.25, -0.2) is 0 Å². The van der Waals surface area contributed by atoms with E-state index in [2.05, 4.69) is 23.8 Å². The van der Waals surface area contributed by atoms with Crippen LogP contribution in [0.2, 0.25) is 0 Å². The SMILES string of the molecule is CC(C)CCN(C(=O)Cn1ccc(N)n1)C1CCCC1. The average molecular weight is 278 g/mol. The van der Waals surface area contributed by atoms with Gasteiger partial charge in [0.15, 0.2) is 0 Å². The van der Waals surface area contributed by atoms with Gasteiger partial charge in [0, 0.05) is 18.8 Å². The van der Waals surface area contributed by atoms with Crippen LogP contribution < -0.4 is 5.73 Å². The van der Waals surface area contributed by atoms with E-state index < -0.39 is 0 Å². The molecule has 1 aromatic heterocycles. The summed E-state index contributed by atoms with van der Waals surface area (Å²) in [5.41, 5.74) is 5.59. The lowest BCUT2D eigenvalue weighted by molar-refractivity contribution is -0.134. The van der Waals surface area contributed by atoms with Crippen molar-refractivity contribution >= 4 is 11.7 Å². The van der Waals surface area contributed by atoms with Crippen LogP contribution in [0.4, 0.5) is 5.82 Å². The quantitative estimate of drug-likeness (QED) is 0.868. The number of nitrogens with zero attached hydrogens (tertiary/aromatic N) is 3. The third kappa shape index (κ3) is 3.99. The maximum absolute atomic E-state index is 12.5. The largest absolute Gasteiger partial charge is 0.382 e. The molecule has 2 rings (SSSR count). The van der Waals surface area contributed by atoms with Crippen LogP contribution in [0, 0.1) is 5.92 Å². The van der Waals surface area contributed by atoms with Gasteiger partial charge in [-0.2, -0.15) is 5.10 Å². The van der Waals surface area contributed by atoms with Crippen LogP contribution in [0.3, 0.4) is 0 Å². The first kappa shape index (κ1) is 14.9. The van der Waals surface area contributed by atoms with E-state index in [1.54, 1.807) is 16.9 Å². The van der Waals surface area contributed by atoms with Gasteiger partial charge in [0.2, 0.25) is 5.91 Å². The maximum atomic E-state index is 12.5. The summed E-state index contributed by atoms with van der Waals surface area (Å²) < 4.78 is 1.63. The van der Waals surface area contributed by atoms with E-state index in [4.69, 9.17) is 5.73 Å². The Kier molecular flexibility index (Phi) is 5.04. The van der Waals surface area contributed by atoms with Crippen LogP contribution in [0.1, 0.15) is 46.0 Å². The molecule has 0 aromatic carbocycles. The zero-order valence-corrected chi connectivity index (χ0v) is 12.6. The summed E-state index contributed by atoms with van der Waals surface area (Å²) in [4.78, 5) is 14.6. The van der Waals surface area contributed by atoms with Gasteiger partial charge in [-0.1, -0.05) is 26.7 Å². The lowest BCUT2D eigenvalue weighted by Crippen LogP contribution is -2.41. The predicted molar refractivity (Wildman–Crippen MR) is 80.1 cm³/mol. The number of nitrogen functional groups attached to an aromatic ring is 1. The fraction of sp³-hybridized carbons (Fsp3) is 0.733. The molecule has 1 saturated carbocycles. The minimum Gasteiger partial charge on any atom is -0.382 e. The number of amides is 1. The third-order valence-electron chi connectivity index (χ3n) is 3.99. The molecule has 20 heavy (non-hydrogen) atoms. The molecule has 1 fully saturated rings. The second kappa shape index (κ2) is 6.77. The molecule has 2 N–H and O–H groups in total. The molecule has 0 aliphatic heterocycles. The molecule has 0 saturated heterocycles. The Labute approximate surface area is 121 Å². The minimum absolute atomic E-state index is 0.167. The number of carbonyl (C=O) groups is 1. The number of hydrogen-bond donors (Lipinski definition) is 1. The second-order valence-corrected chi connectivity index (χ2v) is 6.15. The van der Waals surface area contributed by atoms with Crippen LogP contribution in [-0.2, 0) is 11.3 Å². The van der Waals surface area contributed by atoms with Gasteiger partial charge in [-0.05, 0) is 31.2 Å². The predicted octanol–water partition coefficient (Wildman–Crippen LogP) is 2.28. The van der Waals surface area contributed by atoms with Crippen LogP contribution in [0.25, 0.3) is 0 Å². The van der Waals surface area contributed by atoms with Crippen molar-refractivity contribution in [2.75, 3.05) is 12.3 Å². The number of anilines is 1. The number of aromatic nitrogens is 2. The van der Waals surface area contributed by atoms with Crippen molar-refractivity contribution in [3.8, 4) is 0 Å². The van der Waals surface area contributed by atoms with E-state index in [1.807, 2.05) is 0 Å². The molecular weight excluding hydrogens is 252 g/mol. The zero-order chi connectivity index (χ0) is 14.5. The lowest BCUT2D eigenvalue weighted by atomic mass is 10.1. The van der Waals surface area contributed by atoms with Crippen molar-refractivity contribution in [2.24, 2.45) is 5.92 Å². The van der Waals surface area contributed by atoms with Crippen molar-refractivity contribution in [2.45, 2.75) is 58.5 Å². The van der Waals surface area contributed by atoms with Crippen LogP contribution >= 0.6 is 0 Å². The summed E-state index contributed by atoms with van der Waals surface area (Å²) >= 11 is 0. The fourth-order valence-corrected chi connectivity index (χ4v) is 2.82. The van der Waals surface area contributed by atoms with Gasteiger partial charge >= 0.3 is 0 Å². The van der Waals surface area contributed by atoms with E-state index >= 15 is 0 Å². The summed E-state index contributed by atoms with van der Waals surface area (Å²) in [6.07, 6.45) is 7.60. The Morgan fingerprint density at radius 1 is 1.50 bits per heavy atom. The summed E-state index contributed by atoms with van der Waals surface area (Å²) in [5.74, 6) is 1.25. The third-order valence-corrected chi connectivity index (χ3v) is 3.99. The van der Waals surface area contributed by atoms with Crippen molar-refractivity contribution in [3.05, 3.63) is 12.3 Å². The smallest absolute Gasteiger partial charge is 0.244 e. The van der Waals surface area contributed by atoms with Crippen LogP contribution in [0.5, 0.6) is 0 Å². The zero-order valence-electron chi connectivity index (χ0n) is 12.6. The summed E-state index contributed by atoms with van der Waals surface area (Å²) in [6.45, 7) is 5.56. The lowest BCUT2D eigenvalue weighted by Gasteiger charge is -2.29. The molecule has 1 aliphatic rings. The molecule has 0 bridgehead atoms. The first-order valence-electron chi connectivity index (χ1n) is 7.64. The van der Waals surface area contributed by atoms with E-state index in [0.717, 1.165) is 25.8 Å². The molecule has 1 amide bonds. The van der Waals surface area contributed by atoms with Gasteiger partial charge in [-0.3, -0.25) is 9.48 Å². The highest BCUT2D eigenvalue weighted by Crippen LogP contribution is 2.24. The monoisotopic (exact) mass is 278 g/mol. The Morgan fingerprint density at radius 3 is 2.75 bits per heavy atom. The molecule has 1 aromatic rings. The van der Waals surface area contributed by atoms with Gasteiger partial charge in [0.25, 0.3) is 0 Å². The molecule has 0 radical (unpaired) electrons. The Balaban J connectivity index is 1.98. The Morgan fingerprint density at radius 2 is 2.20 bits per heavy atom.